The maximum atomic E-state index is 11.7. The monoisotopic (exact) mass is 292 g/mol. The van der Waals surface area contributed by atoms with Gasteiger partial charge >= 0.3 is 5.97 Å². The number of aliphatic carboxylic acids is 1. The molecular formula is C14H16N2O3S. The molecule has 5 nitrogen and oxygen atoms in total. The number of hydrogen-bond donors (Lipinski definition) is 2. The van der Waals surface area contributed by atoms with Gasteiger partial charge in [-0.3, -0.25) is 9.59 Å². The summed E-state index contributed by atoms with van der Waals surface area (Å²) in [6.07, 6.45) is 0.427. The molecule has 0 spiro atoms. The molecule has 0 radical (unpaired) electrons. The number of thioether (sulfide) groups is 1. The third kappa shape index (κ3) is 6.25. The fraction of sp³-hybridized carbons (Fsp3) is 0.357. The van der Waals surface area contributed by atoms with E-state index >= 15 is 0 Å². The molecule has 0 aliphatic rings. The lowest BCUT2D eigenvalue weighted by atomic mass is 10.2. The minimum atomic E-state index is -0.827. The SMILES string of the molecule is CC(CC(=O)O)SCCC(=O)Nc1ccc(C#N)cc1. The standard InChI is InChI=1S/C14H16N2O3S/c1-10(8-14(18)19)20-7-6-13(17)16-12-4-2-11(9-15)3-5-12/h2-5,10H,6-8H2,1H3,(H,16,17)(H,18,19). The molecule has 1 unspecified atom stereocenters. The number of nitrogens with one attached hydrogen (secondary N) is 1. The molecule has 1 aromatic carbocycles. The van der Waals surface area contributed by atoms with Crippen molar-refractivity contribution in [3.8, 4) is 6.07 Å². The number of hydrogen-bond acceptors (Lipinski definition) is 4. The molecule has 106 valence electrons. The Balaban J connectivity index is 2.29. The van der Waals surface area contributed by atoms with Crippen LogP contribution in [0.2, 0.25) is 0 Å². The van der Waals surface area contributed by atoms with Gasteiger partial charge in [-0.05, 0) is 24.3 Å². The predicted molar refractivity (Wildman–Crippen MR) is 78.6 cm³/mol. The van der Waals surface area contributed by atoms with Gasteiger partial charge in [-0.15, -0.1) is 0 Å². The summed E-state index contributed by atoms with van der Waals surface area (Å²) in [4.78, 5) is 22.1. The van der Waals surface area contributed by atoms with E-state index in [1.165, 1.54) is 11.8 Å². The largest absolute Gasteiger partial charge is 0.481 e. The Morgan fingerprint density at radius 2 is 2.05 bits per heavy atom. The molecule has 1 rings (SSSR count). The van der Waals surface area contributed by atoms with Crippen LogP contribution in [0.5, 0.6) is 0 Å². The molecule has 0 aliphatic heterocycles. The molecule has 20 heavy (non-hydrogen) atoms. The topological polar surface area (TPSA) is 90.2 Å². The Morgan fingerprint density at radius 3 is 2.60 bits per heavy atom. The summed E-state index contributed by atoms with van der Waals surface area (Å²) in [5, 5.41) is 20.0. The van der Waals surface area contributed by atoms with E-state index < -0.39 is 5.97 Å². The lowest BCUT2D eigenvalue weighted by Crippen LogP contribution is -2.13. The number of carbonyl (C=O) groups excluding carboxylic acids is 1. The van der Waals surface area contributed by atoms with Gasteiger partial charge < -0.3 is 10.4 Å². The van der Waals surface area contributed by atoms with Crippen molar-refractivity contribution in [3.63, 3.8) is 0 Å². The molecule has 2 N–H and O–H groups in total. The van der Waals surface area contributed by atoms with Crippen molar-refractivity contribution in [2.24, 2.45) is 0 Å². The van der Waals surface area contributed by atoms with E-state index in [0.717, 1.165) is 0 Å². The highest BCUT2D eigenvalue weighted by atomic mass is 32.2. The molecule has 0 saturated heterocycles. The number of carboxylic acids is 1. The Labute approximate surface area is 122 Å². The summed E-state index contributed by atoms with van der Waals surface area (Å²) in [6.45, 7) is 1.83. The van der Waals surface area contributed by atoms with E-state index in [4.69, 9.17) is 10.4 Å². The van der Waals surface area contributed by atoms with Crippen LogP contribution in [0.3, 0.4) is 0 Å². The molecule has 1 atom stereocenters. The van der Waals surface area contributed by atoms with Crippen molar-refractivity contribution in [2.45, 2.75) is 25.0 Å². The highest BCUT2D eigenvalue weighted by Crippen LogP contribution is 2.16. The molecule has 0 fully saturated rings. The normalized spacial score (nSPS) is 11.4. The summed E-state index contributed by atoms with van der Waals surface area (Å²) in [7, 11) is 0. The Hall–Kier alpha value is -2.00. The van der Waals surface area contributed by atoms with Gasteiger partial charge in [0.05, 0.1) is 18.1 Å². The van der Waals surface area contributed by atoms with Gasteiger partial charge in [0, 0.05) is 23.1 Å². The highest BCUT2D eigenvalue weighted by molar-refractivity contribution is 7.99. The second kappa shape index (κ2) is 8.23. The first-order valence-corrected chi connectivity index (χ1v) is 7.19. The summed E-state index contributed by atoms with van der Waals surface area (Å²) < 4.78 is 0. The number of benzene rings is 1. The van der Waals surface area contributed by atoms with Crippen LogP contribution in [0.15, 0.2) is 24.3 Å². The summed E-state index contributed by atoms with van der Waals surface area (Å²) in [5.74, 6) is -0.368. The lowest BCUT2D eigenvalue weighted by Gasteiger charge is -2.08. The summed E-state index contributed by atoms with van der Waals surface area (Å²) in [6, 6.07) is 8.64. The van der Waals surface area contributed by atoms with Crippen LogP contribution in [-0.2, 0) is 9.59 Å². The molecule has 0 saturated carbocycles. The first-order valence-electron chi connectivity index (χ1n) is 6.14. The van der Waals surface area contributed by atoms with Crippen LogP contribution in [0, 0.1) is 11.3 Å². The molecular weight excluding hydrogens is 276 g/mol. The van der Waals surface area contributed by atoms with Crippen molar-refractivity contribution >= 4 is 29.3 Å². The van der Waals surface area contributed by atoms with Crippen LogP contribution < -0.4 is 5.32 Å². The maximum Gasteiger partial charge on any atom is 0.304 e. The molecule has 0 aromatic heterocycles. The molecule has 0 bridgehead atoms. The van der Waals surface area contributed by atoms with E-state index in [1.54, 1.807) is 24.3 Å². The number of rotatable bonds is 7. The van der Waals surface area contributed by atoms with Crippen LogP contribution in [-0.4, -0.2) is 28.0 Å². The van der Waals surface area contributed by atoms with E-state index in [-0.39, 0.29) is 17.6 Å². The van der Waals surface area contributed by atoms with Gasteiger partial charge in [-0.25, -0.2) is 0 Å². The van der Waals surface area contributed by atoms with Crippen LogP contribution in [0.25, 0.3) is 0 Å². The first kappa shape index (κ1) is 16.1. The van der Waals surface area contributed by atoms with Crippen molar-refractivity contribution in [2.75, 3.05) is 11.1 Å². The molecule has 0 aliphatic carbocycles. The Kier molecular flexibility index (Phi) is 6.60. The third-order valence-electron chi connectivity index (χ3n) is 2.49. The smallest absolute Gasteiger partial charge is 0.304 e. The zero-order valence-electron chi connectivity index (χ0n) is 11.1. The number of nitriles is 1. The number of anilines is 1. The predicted octanol–water partition coefficient (Wildman–Crippen LogP) is 2.48. The van der Waals surface area contributed by atoms with Crippen molar-refractivity contribution < 1.29 is 14.7 Å². The fourth-order valence-corrected chi connectivity index (χ4v) is 2.48. The van der Waals surface area contributed by atoms with E-state index in [1.807, 2.05) is 13.0 Å². The van der Waals surface area contributed by atoms with E-state index in [9.17, 15) is 9.59 Å². The molecule has 0 heterocycles. The number of nitrogens with zero attached hydrogens (tertiary/aromatic N) is 1. The zero-order valence-corrected chi connectivity index (χ0v) is 11.9. The van der Waals surface area contributed by atoms with Gasteiger partial charge in [0.2, 0.25) is 5.91 Å². The minimum Gasteiger partial charge on any atom is -0.481 e. The van der Waals surface area contributed by atoms with Crippen LogP contribution >= 0.6 is 11.8 Å². The Bertz CT molecular complexity index is 508. The average Bonchev–Trinajstić information content (AvgIpc) is 2.38. The molecule has 1 amide bonds. The lowest BCUT2D eigenvalue weighted by molar-refractivity contribution is -0.136. The van der Waals surface area contributed by atoms with Gasteiger partial charge in [-0.1, -0.05) is 6.92 Å². The van der Waals surface area contributed by atoms with E-state index in [0.29, 0.717) is 23.4 Å². The highest BCUT2D eigenvalue weighted by Gasteiger charge is 2.09. The van der Waals surface area contributed by atoms with Gasteiger partial charge in [0.25, 0.3) is 0 Å². The second-order valence-corrected chi connectivity index (χ2v) is 5.81. The quantitative estimate of drug-likeness (QED) is 0.805. The van der Waals surface area contributed by atoms with Gasteiger partial charge in [0.1, 0.15) is 0 Å². The van der Waals surface area contributed by atoms with Crippen molar-refractivity contribution in [1.29, 1.82) is 5.26 Å². The summed E-state index contributed by atoms with van der Waals surface area (Å²) >= 11 is 1.46. The Morgan fingerprint density at radius 1 is 1.40 bits per heavy atom. The maximum absolute atomic E-state index is 11.7. The minimum absolute atomic E-state index is 0.00443. The van der Waals surface area contributed by atoms with E-state index in [2.05, 4.69) is 5.32 Å². The van der Waals surface area contributed by atoms with Crippen molar-refractivity contribution in [1.82, 2.24) is 0 Å². The van der Waals surface area contributed by atoms with Gasteiger partial charge in [-0.2, -0.15) is 17.0 Å². The second-order valence-electron chi connectivity index (χ2n) is 4.27. The first-order chi connectivity index (χ1) is 9.51. The van der Waals surface area contributed by atoms with Crippen LogP contribution in [0.4, 0.5) is 5.69 Å². The number of carboxylic acid groups (broad SMARTS) is 1. The summed E-state index contributed by atoms with van der Waals surface area (Å²) in [5.41, 5.74) is 1.19. The number of amides is 1. The fourth-order valence-electron chi connectivity index (χ4n) is 1.51. The molecule has 1 aromatic rings. The number of carbonyl (C=O) groups is 2. The van der Waals surface area contributed by atoms with Gasteiger partial charge in [0.15, 0.2) is 0 Å². The average molecular weight is 292 g/mol. The molecule has 6 heteroatoms. The zero-order chi connectivity index (χ0) is 15.0. The van der Waals surface area contributed by atoms with Crippen molar-refractivity contribution in [3.05, 3.63) is 29.8 Å². The third-order valence-corrected chi connectivity index (χ3v) is 3.67. The van der Waals surface area contributed by atoms with Crippen LogP contribution in [0.1, 0.15) is 25.3 Å².